The van der Waals surface area contributed by atoms with Gasteiger partial charge in [0, 0.05) is 21.9 Å². The topological polar surface area (TPSA) is 4.93 Å². The van der Waals surface area contributed by atoms with E-state index < -0.39 is 0 Å². The van der Waals surface area contributed by atoms with Crippen molar-refractivity contribution in [1.82, 2.24) is 4.57 Å². The fourth-order valence-electron chi connectivity index (χ4n) is 3.27. The molecule has 1 heterocycles. The molecule has 1 aliphatic rings. The van der Waals surface area contributed by atoms with E-state index in [1.165, 1.54) is 27.5 Å². The lowest BCUT2D eigenvalue weighted by Gasteiger charge is -2.17. The van der Waals surface area contributed by atoms with Crippen LogP contribution in [-0.4, -0.2) is 4.57 Å². The summed E-state index contributed by atoms with van der Waals surface area (Å²) in [6.45, 7) is 4.48. The van der Waals surface area contributed by atoms with Gasteiger partial charge in [-0.2, -0.15) is 0 Å². The largest absolute Gasteiger partial charge is 0.310 e. The van der Waals surface area contributed by atoms with E-state index in [2.05, 4.69) is 97.3 Å². The zero-order chi connectivity index (χ0) is 15.2. The number of hydrogen-bond acceptors (Lipinski definition) is 0. The third-order valence-corrected chi connectivity index (χ3v) is 4.26. The van der Waals surface area contributed by atoms with Crippen molar-refractivity contribution in [3.63, 3.8) is 0 Å². The highest BCUT2D eigenvalue weighted by Gasteiger charge is 2.17. The zero-order valence-corrected chi connectivity index (χ0v) is 13.0. The van der Waals surface area contributed by atoms with Gasteiger partial charge in [-0.3, -0.25) is 0 Å². The Kier molecular flexibility index (Phi) is 2.83. The van der Waals surface area contributed by atoms with Crippen LogP contribution in [0.1, 0.15) is 13.8 Å². The van der Waals surface area contributed by atoms with Crippen molar-refractivity contribution in [3.05, 3.63) is 78.9 Å². The molecule has 22 heavy (non-hydrogen) atoms. The van der Waals surface area contributed by atoms with Gasteiger partial charge in [-0.1, -0.05) is 74.5 Å². The number of para-hydroxylation sites is 2. The lowest BCUT2D eigenvalue weighted by molar-refractivity contribution is 0.627. The quantitative estimate of drug-likeness (QED) is 0.533. The van der Waals surface area contributed by atoms with Crippen molar-refractivity contribution in [3.8, 4) is 0 Å². The van der Waals surface area contributed by atoms with Crippen molar-refractivity contribution >= 4 is 27.5 Å². The van der Waals surface area contributed by atoms with Crippen LogP contribution in [0.25, 0.3) is 27.5 Å². The molecule has 108 valence electrons. The fourth-order valence-corrected chi connectivity index (χ4v) is 3.27. The standard InChI is InChI=1S/C21H19N/c1-21(2)14-8-7-9-16(15-21)22-19-12-5-3-10-17(19)18-11-4-6-13-20(18)22/h3-15H,1-2H3. The van der Waals surface area contributed by atoms with Gasteiger partial charge in [0.25, 0.3) is 0 Å². The van der Waals surface area contributed by atoms with Crippen LogP contribution in [0.4, 0.5) is 0 Å². The van der Waals surface area contributed by atoms with E-state index in [0.717, 1.165) is 0 Å². The lowest BCUT2D eigenvalue weighted by Crippen LogP contribution is -2.05. The van der Waals surface area contributed by atoms with Crippen LogP contribution in [0.15, 0.2) is 78.9 Å². The molecule has 0 saturated heterocycles. The van der Waals surface area contributed by atoms with Crippen LogP contribution in [0.5, 0.6) is 0 Å². The van der Waals surface area contributed by atoms with Gasteiger partial charge in [0.1, 0.15) is 0 Å². The Balaban J connectivity index is 2.11. The summed E-state index contributed by atoms with van der Waals surface area (Å²) in [5.41, 5.74) is 3.80. The summed E-state index contributed by atoms with van der Waals surface area (Å²) >= 11 is 0. The molecule has 0 bridgehead atoms. The highest BCUT2D eigenvalue weighted by atomic mass is 15.0. The minimum Gasteiger partial charge on any atom is -0.310 e. The Morgan fingerprint density at radius 1 is 0.773 bits per heavy atom. The van der Waals surface area contributed by atoms with E-state index >= 15 is 0 Å². The third kappa shape index (κ3) is 2.01. The van der Waals surface area contributed by atoms with E-state index in [4.69, 9.17) is 0 Å². The Morgan fingerprint density at radius 3 is 2.00 bits per heavy atom. The number of benzene rings is 2. The van der Waals surface area contributed by atoms with Crippen LogP contribution in [0, 0.1) is 5.41 Å². The first-order valence-corrected chi connectivity index (χ1v) is 7.73. The average molecular weight is 285 g/mol. The molecule has 0 amide bonds. The Bertz CT molecular complexity index is 895. The maximum Gasteiger partial charge on any atom is 0.0540 e. The van der Waals surface area contributed by atoms with Gasteiger partial charge in [0.05, 0.1) is 11.0 Å². The molecule has 3 aromatic rings. The van der Waals surface area contributed by atoms with Crippen molar-refractivity contribution in [2.75, 3.05) is 0 Å². The molecule has 0 saturated carbocycles. The first-order valence-electron chi connectivity index (χ1n) is 7.73. The van der Waals surface area contributed by atoms with Gasteiger partial charge in [-0.05, 0) is 18.2 Å². The first-order chi connectivity index (χ1) is 10.7. The lowest BCUT2D eigenvalue weighted by atomic mass is 9.92. The second-order valence-corrected chi connectivity index (χ2v) is 6.48. The number of rotatable bonds is 1. The van der Waals surface area contributed by atoms with Gasteiger partial charge in [0.2, 0.25) is 0 Å². The highest BCUT2D eigenvalue weighted by molar-refractivity contribution is 6.10. The molecular formula is C21H19N. The van der Waals surface area contributed by atoms with E-state index in [1.807, 2.05) is 0 Å². The van der Waals surface area contributed by atoms with Gasteiger partial charge < -0.3 is 4.57 Å². The Hall–Kier alpha value is -2.54. The number of nitrogens with zero attached hydrogens (tertiary/aromatic N) is 1. The summed E-state index contributed by atoms with van der Waals surface area (Å²) in [5.74, 6) is 0. The summed E-state index contributed by atoms with van der Waals surface area (Å²) in [5, 5.41) is 2.62. The van der Waals surface area contributed by atoms with Gasteiger partial charge in [-0.15, -0.1) is 0 Å². The number of aromatic nitrogens is 1. The highest BCUT2D eigenvalue weighted by Crippen LogP contribution is 2.34. The monoisotopic (exact) mass is 285 g/mol. The molecule has 4 rings (SSSR count). The van der Waals surface area contributed by atoms with Gasteiger partial charge in [-0.25, -0.2) is 0 Å². The Morgan fingerprint density at radius 2 is 1.36 bits per heavy atom. The van der Waals surface area contributed by atoms with Crippen molar-refractivity contribution < 1.29 is 0 Å². The molecule has 1 nitrogen and oxygen atoms in total. The summed E-state index contributed by atoms with van der Waals surface area (Å²) in [6, 6.07) is 17.3. The molecule has 1 aromatic heterocycles. The molecule has 0 unspecified atom stereocenters. The molecule has 0 N–H and O–H groups in total. The Labute approximate surface area is 130 Å². The molecule has 1 heteroatoms. The number of allylic oxidation sites excluding steroid dienone is 6. The second-order valence-electron chi connectivity index (χ2n) is 6.48. The van der Waals surface area contributed by atoms with Crippen molar-refractivity contribution in [2.24, 2.45) is 5.41 Å². The molecule has 1 aliphatic carbocycles. The van der Waals surface area contributed by atoms with E-state index in [0.29, 0.717) is 0 Å². The molecule has 0 fully saturated rings. The van der Waals surface area contributed by atoms with Crippen LogP contribution in [-0.2, 0) is 0 Å². The summed E-state index contributed by atoms with van der Waals surface area (Å²) in [4.78, 5) is 0. The van der Waals surface area contributed by atoms with Crippen LogP contribution in [0.3, 0.4) is 0 Å². The minimum absolute atomic E-state index is 0.0469. The van der Waals surface area contributed by atoms with Crippen molar-refractivity contribution in [1.29, 1.82) is 0 Å². The summed E-state index contributed by atoms with van der Waals surface area (Å²) in [6.07, 6.45) is 11.0. The van der Waals surface area contributed by atoms with Crippen molar-refractivity contribution in [2.45, 2.75) is 13.8 Å². The molecule has 2 aromatic carbocycles. The second kappa shape index (κ2) is 4.74. The fraction of sp³-hybridized carbons (Fsp3) is 0.143. The predicted octanol–water partition coefficient (Wildman–Crippen LogP) is 5.79. The molecule has 0 aliphatic heterocycles. The van der Waals surface area contributed by atoms with E-state index in [9.17, 15) is 0 Å². The summed E-state index contributed by atoms with van der Waals surface area (Å²) < 4.78 is 2.37. The number of hydrogen-bond donors (Lipinski definition) is 0. The van der Waals surface area contributed by atoms with Gasteiger partial charge in [0.15, 0.2) is 0 Å². The van der Waals surface area contributed by atoms with Gasteiger partial charge >= 0.3 is 0 Å². The smallest absolute Gasteiger partial charge is 0.0540 e. The van der Waals surface area contributed by atoms with Crippen LogP contribution in [0.2, 0.25) is 0 Å². The molecular weight excluding hydrogens is 266 g/mol. The SMILES string of the molecule is CC1(C)C=CC=CC(n2c3ccccc3c3ccccc32)=C1. The van der Waals surface area contributed by atoms with Crippen LogP contribution >= 0.6 is 0 Å². The first kappa shape index (κ1) is 13.1. The zero-order valence-electron chi connectivity index (χ0n) is 13.0. The maximum absolute atomic E-state index is 2.37. The number of fused-ring (bicyclic) bond motifs is 3. The van der Waals surface area contributed by atoms with E-state index in [1.54, 1.807) is 0 Å². The summed E-state index contributed by atoms with van der Waals surface area (Å²) in [7, 11) is 0. The minimum atomic E-state index is 0.0469. The van der Waals surface area contributed by atoms with E-state index in [-0.39, 0.29) is 5.41 Å². The molecule has 0 radical (unpaired) electrons. The molecule has 0 atom stereocenters. The average Bonchev–Trinajstić information content (AvgIpc) is 2.74. The predicted molar refractivity (Wildman–Crippen MR) is 95.8 cm³/mol. The molecule has 0 spiro atoms. The third-order valence-electron chi connectivity index (χ3n) is 4.26. The van der Waals surface area contributed by atoms with Crippen LogP contribution < -0.4 is 0 Å². The normalized spacial score (nSPS) is 16.9. The maximum atomic E-state index is 2.37.